The van der Waals surface area contributed by atoms with Gasteiger partial charge in [0, 0.05) is 11.7 Å². The number of allylic oxidation sites excluding steroid dienone is 2. The van der Waals surface area contributed by atoms with Crippen molar-refractivity contribution in [3.05, 3.63) is 47.4 Å². The van der Waals surface area contributed by atoms with Gasteiger partial charge in [-0.3, -0.25) is 14.5 Å². The molecule has 1 aromatic rings. The maximum Gasteiger partial charge on any atom is 0.325 e. The minimum Gasteiger partial charge on any atom is -0.319 e. The van der Waals surface area contributed by atoms with Gasteiger partial charge in [-0.1, -0.05) is 25.1 Å². The largest absolute Gasteiger partial charge is 0.325 e. The molecular weight excluding hydrogens is 373 g/mol. The molecule has 1 aliphatic heterocycles. The van der Waals surface area contributed by atoms with E-state index in [0.29, 0.717) is 12.0 Å². The summed E-state index contributed by atoms with van der Waals surface area (Å²) in [6, 6.07) is 5.15. The Morgan fingerprint density at radius 1 is 1.24 bits per heavy atom. The zero-order valence-corrected chi connectivity index (χ0v) is 16.6. The van der Waals surface area contributed by atoms with Crippen LogP contribution in [0.1, 0.15) is 57.4 Å². The van der Waals surface area contributed by atoms with Crippen LogP contribution < -0.4 is 5.32 Å². The van der Waals surface area contributed by atoms with Crippen molar-refractivity contribution in [2.45, 2.75) is 63.5 Å². The Morgan fingerprint density at radius 2 is 1.97 bits per heavy atom. The van der Waals surface area contributed by atoms with Gasteiger partial charge in [-0.25, -0.2) is 9.18 Å². The van der Waals surface area contributed by atoms with E-state index >= 15 is 0 Å². The zero-order valence-electron chi connectivity index (χ0n) is 16.6. The van der Waals surface area contributed by atoms with Crippen molar-refractivity contribution in [3.63, 3.8) is 0 Å². The second-order valence-electron chi connectivity index (χ2n) is 8.02. The van der Waals surface area contributed by atoms with E-state index in [2.05, 4.69) is 11.4 Å². The number of hydrogen-bond acceptors (Lipinski definition) is 3. The van der Waals surface area contributed by atoms with Crippen LogP contribution in [0.3, 0.4) is 0 Å². The van der Waals surface area contributed by atoms with Crippen molar-refractivity contribution in [2.24, 2.45) is 0 Å². The predicted molar refractivity (Wildman–Crippen MR) is 105 cm³/mol. The van der Waals surface area contributed by atoms with Crippen molar-refractivity contribution < 1.29 is 18.8 Å². The third-order valence-electron chi connectivity index (χ3n) is 6.09. The van der Waals surface area contributed by atoms with Crippen LogP contribution in [0.5, 0.6) is 0 Å². The van der Waals surface area contributed by atoms with E-state index < -0.39 is 23.3 Å². The first kappa shape index (κ1) is 19.6. The molecule has 1 heterocycles. The summed E-state index contributed by atoms with van der Waals surface area (Å²) in [6.45, 7) is 1.51. The van der Waals surface area contributed by atoms with Gasteiger partial charge >= 0.3 is 6.03 Å². The molecule has 0 bridgehead atoms. The minimum atomic E-state index is -1.26. The summed E-state index contributed by atoms with van der Waals surface area (Å²) in [5.74, 6) is -1.09. The predicted octanol–water partition coefficient (Wildman–Crippen LogP) is 3.43. The molecule has 4 amide bonds. The second kappa shape index (κ2) is 7.61. The van der Waals surface area contributed by atoms with Crippen molar-refractivity contribution in [3.8, 4) is 0 Å². The fourth-order valence-corrected chi connectivity index (χ4v) is 4.33. The van der Waals surface area contributed by atoms with Crippen LogP contribution in [0, 0.1) is 5.82 Å². The molecule has 1 saturated heterocycles. The Balaban J connectivity index is 1.56. The average Bonchev–Trinajstić information content (AvgIpc) is 3.52. The summed E-state index contributed by atoms with van der Waals surface area (Å²) < 4.78 is 13.3. The minimum absolute atomic E-state index is 0.181. The Kier molecular flexibility index (Phi) is 5.15. The standard InChI is InChI=1S/C22H26FN3O3/c1-2-22(15-8-10-16(23)11-9-15)20(28)25(21(29)24-22)14-19(27)26(18-12-13-18)17-6-4-3-5-7-17/h6,8-11,18H,2-5,7,12-14H2,1H3,(H,24,29)/t22-/m0/s1. The van der Waals surface area contributed by atoms with Crippen molar-refractivity contribution in [1.29, 1.82) is 0 Å². The number of hydrogen-bond donors (Lipinski definition) is 1. The number of carbonyl (C=O) groups is 3. The molecule has 0 radical (unpaired) electrons. The third kappa shape index (κ3) is 3.54. The Bertz CT molecular complexity index is 863. The highest BCUT2D eigenvalue weighted by molar-refractivity contribution is 6.09. The Morgan fingerprint density at radius 3 is 2.55 bits per heavy atom. The summed E-state index contributed by atoms with van der Waals surface area (Å²) in [6.07, 6.45) is 8.32. The number of urea groups is 1. The van der Waals surface area contributed by atoms with E-state index in [1.807, 2.05) is 4.90 Å². The van der Waals surface area contributed by atoms with Gasteiger partial charge in [0.25, 0.3) is 5.91 Å². The average molecular weight is 399 g/mol. The van der Waals surface area contributed by atoms with E-state index in [1.165, 1.54) is 24.3 Å². The summed E-state index contributed by atoms with van der Waals surface area (Å²) >= 11 is 0. The maximum atomic E-state index is 13.3. The monoisotopic (exact) mass is 399 g/mol. The lowest BCUT2D eigenvalue weighted by Crippen LogP contribution is -2.46. The van der Waals surface area contributed by atoms with Gasteiger partial charge < -0.3 is 10.2 Å². The van der Waals surface area contributed by atoms with Gasteiger partial charge in [0.15, 0.2) is 0 Å². The SMILES string of the molecule is CC[C@@]1(c2ccc(F)cc2)NC(=O)N(CC(=O)N(C2=CCCCC2)C2CC2)C1=O. The molecule has 1 N–H and O–H groups in total. The van der Waals surface area contributed by atoms with Gasteiger partial charge in [0.1, 0.15) is 17.9 Å². The Labute approximate surface area is 169 Å². The first-order valence-corrected chi connectivity index (χ1v) is 10.4. The summed E-state index contributed by atoms with van der Waals surface area (Å²) in [7, 11) is 0. The van der Waals surface area contributed by atoms with Crippen molar-refractivity contribution in [2.75, 3.05) is 6.54 Å². The van der Waals surface area contributed by atoms with E-state index in [9.17, 15) is 18.8 Å². The number of amides is 4. The molecule has 1 atom stereocenters. The number of carbonyl (C=O) groups excluding carboxylic acids is 3. The normalized spacial score (nSPS) is 24.3. The molecule has 1 saturated carbocycles. The topological polar surface area (TPSA) is 69.7 Å². The van der Waals surface area contributed by atoms with Crippen LogP contribution in [-0.2, 0) is 15.1 Å². The first-order chi connectivity index (χ1) is 14.0. The molecule has 4 rings (SSSR count). The van der Waals surface area contributed by atoms with Crippen LogP contribution in [0.4, 0.5) is 9.18 Å². The van der Waals surface area contributed by atoms with Gasteiger partial charge in [-0.2, -0.15) is 0 Å². The lowest BCUT2D eigenvalue weighted by atomic mass is 9.87. The van der Waals surface area contributed by atoms with Gasteiger partial charge in [0.2, 0.25) is 5.91 Å². The number of nitrogens with one attached hydrogen (secondary N) is 1. The number of benzene rings is 1. The quantitative estimate of drug-likeness (QED) is 0.745. The highest BCUT2D eigenvalue weighted by Gasteiger charge is 2.52. The second-order valence-corrected chi connectivity index (χ2v) is 8.02. The van der Waals surface area contributed by atoms with Gasteiger partial charge in [-0.15, -0.1) is 0 Å². The van der Waals surface area contributed by atoms with Crippen molar-refractivity contribution in [1.82, 2.24) is 15.1 Å². The van der Waals surface area contributed by atoms with Crippen LogP contribution in [-0.4, -0.2) is 40.2 Å². The molecule has 3 aliphatic rings. The van der Waals surface area contributed by atoms with Crippen LogP contribution >= 0.6 is 0 Å². The number of nitrogens with zero attached hydrogens (tertiary/aromatic N) is 2. The first-order valence-electron chi connectivity index (χ1n) is 10.4. The lowest BCUT2D eigenvalue weighted by Gasteiger charge is -2.29. The number of halogens is 1. The number of imide groups is 1. The molecule has 29 heavy (non-hydrogen) atoms. The van der Waals surface area contributed by atoms with Crippen LogP contribution in [0.15, 0.2) is 36.0 Å². The summed E-state index contributed by atoms with van der Waals surface area (Å²) in [5, 5.41) is 2.75. The maximum absolute atomic E-state index is 13.3. The van der Waals surface area contributed by atoms with Crippen LogP contribution in [0.25, 0.3) is 0 Å². The van der Waals surface area contributed by atoms with Crippen molar-refractivity contribution >= 4 is 17.8 Å². The highest BCUT2D eigenvalue weighted by atomic mass is 19.1. The lowest BCUT2D eigenvalue weighted by molar-refractivity contribution is -0.138. The molecule has 6 nitrogen and oxygen atoms in total. The molecule has 7 heteroatoms. The smallest absolute Gasteiger partial charge is 0.319 e. The fraction of sp³-hybridized carbons (Fsp3) is 0.500. The molecule has 2 fully saturated rings. The molecule has 0 aromatic heterocycles. The van der Waals surface area contributed by atoms with E-state index in [-0.39, 0.29) is 18.5 Å². The molecule has 0 spiro atoms. The molecule has 1 aromatic carbocycles. The molecule has 2 aliphatic carbocycles. The molecule has 154 valence electrons. The summed E-state index contributed by atoms with van der Waals surface area (Å²) in [5.41, 5.74) is 0.277. The highest BCUT2D eigenvalue weighted by Crippen LogP contribution is 2.35. The zero-order chi connectivity index (χ0) is 20.6. The van der Waals surface area contributed by atoms with E-state index in [0.717, 1.165) is 49.1 Å². The third-order valence-corrected chi connectivity index (χ3v) is 6.09. The fourth-order valence-electron chi connectivity index (χ4n) is 4.33. The van der Waals surface area contributed by atoms with Crippen LogP contribution in [0.2, 0.25) is 0 Å². The molecular formula is C22H26FN3O3. The van der Waals surface area contributed by atoms with E-state index in [4.69, 9.17) is 0 Å². The van der Waals surface area contributed by atoms with E-state index in [1.54, 1.807) is 6.92 Å². The summed E-state index contributed by atoms with van der Waals surface area (Å²) in [4.78, 5) is 41.8. The van der Waals surface area contributed by atoms with Gasteiger partial charge in [0.05, 0.1) is 0 Å². The number of rotatable bonds is 6. The van der Waals surface area contributed by atoms with Gasteiger partial charge in [-0.05, 0) is 62.6 Å². The Hall–Kier alpha value is -2.70. The molecule has 0 unspecified atom stereocenters.